The van der Waals surface area contributed by atoms with Gasteiger partial charge in [-0.3, -0.25) is 62.7 Å². The Bertz CT molecular complexity index is 3660. The van der Waals surface area contributed by atoms with E-state index in [-0.39, 0.29) is 162 Å². The van der Waals surface area contributed by atoms with Crippen LogP contribution in [-0.4, -0.2) is 194 Å². The Morgan fingerprint density at radius 3 is 1.23 bits per heavy atom. The Morgan fingerprint density at radius 2 is 0.860 bits per heavy atom. The molecule has 12 N–H and O–H groups in total. The van der Waals surface area contributed by atoms with Gasteiger partial charge in [0, 0.05) is 76.1 Å². The number of aliphatic hydroxyl groups excluding tert-OH is 2. The maximum atomic E-state index is 15.2. The number of rotatable bonds is 37. The van der Waals surface area contributed by atoms with Crippen molar-refractivity contribution in [2.75, 3.05) is 26.2 Å². The third-order valence-electron chi connectivity index (χ3n) is 20.1. The van der Waals surface area contributed by atoms with Gasteiger partial charge in [-0.15, -0.1) is 0 Å². The monoisotopic (exact) mass is 1490 g/mol. The van der Waals surface area contributed by atoms with Gasteiger partial charge in [0.25, 0.3) is 0 Å². The Labute approximate surface area is 630 Å². The highest BCUT2D eigenvalue weighted by Crippen LogP contribution is 2.38. The predicted octanol–water partition coefficient (Wildman–Crippen LogP) is 6.55. The molecule has 107 heavy (non-hydrogen) atoms. The van der Waals surface area contributed by atoms with Crippen molar-refractivity contribution >= 4 is 82.1 Å². The molecule has 27 heteroatoms. The van der Waals surface area contributed by atoms with Crippen molar-refractivity contribution in [2.24, 2.45) is 50.2 Å². The minimum Gasteiger partial charge on any atom is -0.511 e. The Kier molecular flexibility index (Phi) is 32.1. The first kappa shape index (κ1) is 86.8. The van der Waals surface area contributed by atoms with E-state index in [0.29, 0.717) is 41.8 Å². The number of carbonyl (C=O) groups excluding carboxylic acids is 11. The summed E-state index contributed by atoms with van der Waals surface area (Å²) in [7, 11) is 0. The second-order valence-electron chi connectivity index (χ2n) is 32.5. The molecule has 0 aromatic heterocycles. The van der Waals surface area contributed by atoms with Gasteiger partial charge in [0.05, 0.1) is 17.2 Å². The number of ketones is 2. The van der Waals surface area contributed by atoms with E-state index >= 15 is 4.79 Å². The number of aliphatic imine (C=N–C) groups is 2. The van der Waals surface area contributed by atoms with Crippen LogP contribution in [0.5, 0.6) is 0 Å². The summed E-state index contributed by atoms with van der Waals surface area (Å²) < 4.78 is 0. The Balaban J connectivity index is 1.24. The van der Waals surface area contributed by atoms with Gasteiger partial charge in [-0.25, -0.2) is 4.79 Å². The van der Waals surface area contributed by atoms with Crippen LogP contribution in [0, 0.1) is 34.5 Å². The molecule has 0 spiro atoms. The molecule has 2 aliphatic carbocycles. The molecule has 4 aliphatic rings. The lowest BCUT2D eigenvalue weighted by molar-refractivity contribution is -0.149. The van der Waals surface area contributed by atoms with Crippen molar-refractivity contribution in [3.8, 4) is 0 Å². The molecule has 0 radical (unpaired) electrons. The quantitative estimate of drug-likeness (QED) is 0.0252. The Hall–Kier alpha value is -9.14. The lowest BCUT2D eigenvalue weighted by Gasteiger charge is -2.32. The van der Waals surface area contributed by atoms with Crippen molar-refractivity contribution in [1.29, 1.82) is 0 Å². The number of aliphatic carboxylic acids is 1. The SMILES string of the molecule is CC(=NCCC[C@H](NC(=O)[C@@H](N)C(C)C)C(=O)N[C@@H](CC(C)C)C(=O)N[C@H](Cc1ccccc1)C(=O)N1CCC[C@H]1C(=O)N[C@H](C(=O)N[C@@H](CCCN=C(C)C1=C(O)CC(C)(C)CC1=O)C(=O)N[C@@H](CC(C)C)C(=O)N[C@H](Cc1ccccc1)C(=O)N1CCC[C@H]1C(=O)O)C(C)C)C1=C(O)CC(C)(C)CC1=O. The van der Waals surface area contributed by atoms with Gasteiger partial charge in [-0.05, 0) is 124 Å². The number of likely N-dealkylation sites (tertiary alicyclic amines) is 2. The number of hydrogen-bond acceptors (Lipinski definition) is 17. The molecule has 2 aliphatic heterocycles. The van der Waals surface area contributed by atoms with Gasteiger partial charge in [-0.2, -0.15) is 0 Å². The molecule has 9 amide bonds. The number of nitrogens with zero attached hydrogens (tertiary/aromatic N) is 4. The standard InChI is InChI=1S/C80H118N12O15/c1-45(2)37-55(86-69(97)53(84-74(102)67(81)47(5)6)29-21-33-82-49(9)65-61(93)41-79(11,12)42-62(65)94)71(99)88-57(39-51-25-17-15-18-26-51)76(104)91-35-23-31-59(91)73(101)90-68(48(7)8)75(103)85-54(30-22-34-83-50(10)66-63(95)43-80(13,14)44-64(66)96)70(98)87-56(38-46(3)4)72(100)89-58(40-52-27-19-16-20-28-52)77(105)92-36-24-32-60(92)78(106)107/h15-20,25-28,45-48,53-60,67-68,93,95H,21-24,29-44,81H2,1-14H3,(H,84,102)(H,85,103)(H,86,97)(H,87,98)(H,88,99)(H,89,100)(H,90,101)(H,106,107)/t53-,54-,55-,56-,57+,58+,59-,60-,67-,68-/m0/s1. The number of carbonyl (C=O) groups is 12. The summed E-state index contributed by atoms with van der Waals surface area (Å²) in [5, 5.41) is 51.7. The van der Waals surface area contributed by atoms with Crippen molar-refractivity contribution in [1.82, 2.24) is 47.0 Å². The van der Waals surface area contributed by atoms with Gasteiger partial charge in [0.15, 0.2) is 11.6 Å². The van der Waals surface area contributed by atoms with E-state index in [9.17, 15) is 68.1 Å². The maximum absolute atomic E-state index is 15.2. The number of hydrogen-bond donors (Lipinski definition) is 11. The first-order chi connectivity index (χ1) is 50.3. The van der Waals surface area contributed by atoms with Crippen LogP contribution in [0.25, 0.3) is 0 Å². The molecule has 6 rings (SSSR count). The van der Waals surface area contributed by atoms with Crippen LogP contribution in [0.15, 0.2) is 93.3 Å². The van der Waals surface area contributed by atoms with Crippen LogP contribution in [0.2, 0.25) is 0 Å². The summed E-state index contributed by atoms with van der Waals surface area (Å²) >= 11 is 0. The van der Waals surface area contributed by atoms with Crippen LogP contribution >= 0.6 is 0 Å². The highest BCUT2D eigenvalue weighted by Gasteiger charge is 2.44. The number of carboxylic acid groups (broad SMARTS) is 1. The van der Waals surface area contributed by atoms with Gasteiger partial charge in [0.1, 0.15) is 65.9 Å². The first-order valence-corrected chi connectivity index (χ1v) is 38.0. The third kappa shape index (κ3) is 25.5. The number of Topliss-reactive ketones (excluding diaryl/α,β-unsaturated/α-hetero) is 2. The van der Waals surface area contributed by atoms with Gasteiger partial charge >= 0.3 is 5.97 Å². The molecule has 0 unspecified atom stereocenters. The molecule has 2 aromatic carbocycles. The molecule has 588 valence electrons. The first-order valence-electron chi connectivity index (χ1n) is 38.0. The molecule has 0 saturated carbocycles. The zero-order valence-corrected chi connectivity index (χ0v) is 65.1. The van der Waals surface area contributed by atoms with Crippen molar-refractivity contribution in [3.05, 3.63) is 94.5 Å². The summed E-state index contributed by atoms with van der Waals surface area (Å²) in [6, 6.07) is 5.52. The van der Waals surface area contributed by atoms with Gasteiger partial charge < -0.3 is 68.1 Å². The van der Waals surface area contributed by atoms with Crippen molar-refractivity contribution in [2.45, 2.75) is 260 Å². The number of nitrogens with one attached hydrogen (secondary N) is 7. The summed E-state index contributed by atoms with van der Waals surface area (Å²) in [5.41, 5.74) is 7.66. The second-order valence-corrected chi connectivity index (χ2v) is 32.5. The maximum Gasteiger partial charge on any atom is 0.326 e. The second kappa shape index (κ2) is 39.6. The van der Waals surface area contributed by atoms with Gasteiger partial charge in [-0.1, -0.05) is 144 Å². The average Bonchev–Trinajstić information content (AvgIpc) is 1.77. The number of carboxylic acids is 1. The zero-order valence-electron chi connectivity index (χ0n) is 65.1. The zero-order chi connectivity index (χ0) is 79.4. The number of allylic oxidation sites excluding steroid dienone is 4. The average molecular weight is 1490 g/mol. The molecule has 2 fully saturated rings. The minimum absolute atomic E-state index is 0.00608. The molecular weight excluding hydrogens is 1370 g/mol. The molecule has 2 saturated heterocycles. The van der Waals surface area contributed by atoms with Crippen LogP contribution in [0.4, 0.5) is 0 Å². The predicted molar refractivity (Wildman–Crippen MR) is 407 cm³/mol. The lowest BCUT2D eigenvalue weighted by atomic mass is 9.76. The highest BCUT2D eigenvalue weighted by atomic mass is 16.4. The highest BCUT2D eigenvalue weighted by molar-refractivity contribution is 6.23. The Morgan fingerprint density at radius 1 is 0.495 bits per heavy atom. The number of benzene rings is 2. The van der Waals surface area contributed by atoms with E-state index in [1.807, 2.05) is 55.4 Å². The molecular formula is C80H118N12O15. The van der Waals surface area contributed by atoms with E-state index in [1.54, 1.807) is 102 Å². The summed E-state index contributed by atoms with van der Waals surface area (Å²) in [5.74, 6) is -9.38. The van der Waals surface area contributed by atoms with Crippen LogP contribution < -0.4 is 43.0 Å². The molecule has 2 heterocycles. The van der Waals surface area contributed by atoms with Crippen molar-refractivity contribution in [3.63, 3.8) is 0 Å². The largest absolute Gasteiger partial charge is 0.511 e. The molecule has 10 atom stereocenters. The molecule has 2 aromatic rings. The van der Waals surface area contributed by atoms with Crippen LogP contribution in [0.3, 0.4) is 0 Å². The van der Waals surface area contributed by atoms with E-state index in [2.05, 4.69) is 47.2 Å². The van der Waals surface area contributed by atoms with E-state index < -0.39 is 136 Å². The topological polar surface area (TPSA) is 407 Å². The normalized spacial score (nSPS) is 19.9. The summed E-state index contributed by atoms with van der Waals surface area (Å²) in [6.07, 6.45) is 2.63. The summed E-state index contributed by atoms with van der Waals surface area (Å²) in [4.78, 5) is 182. The fourth-order valence-corrected chi connectivity index (χ4v) is 14.4. The smallest absolute Gasteiger partial charge is 0.326 e. The summed E-state index contributed by atoms with van der Waals surface area (Å²) in [6.45, 7) is 25.4. The lowest BCUT2D eigenvalue weighted by Crippen LogP contribution is -2.61. The third-order valence-corrected chi connectivity index (χ3v) is 20.1. The fourth-order valence-electron chi connectivity index (χ4n) is 14.4. The van der Waals surface area contributed by atoms with Crippen LogP contribution in [-0.2, 0) is 70.4 Å². The van der Waals surface area contributed by atoms with E-state index in [0.717, 1.165) is 0 Å². The molecule has 27 nitrogen and oxygen atoms in total. The van der Waals surface area contributed by atoms with E-state index in [1.165, 1.54) is 9.80 Å². The van der Waals surface area contributed by atoms with Gasteiger partial charge in [0.2, 0.25) is 53.2 Å². The fraction of sp³-hybridized carbons (Fsp3) is 0.625. The van der Waals surface area contributed by atoms with Crippen molar-refractivity contribution < 1.29 is 72.9 Å². The molecule has 0 bridgehead atoms. The van der Waals surface area contributed by atoms with E-state index in [4.69, 9.17) is 5.73 Å². The minimum atomic E-state index is -1.40. The number of amides is 9. The number of nitrogens with two attached hydrogens (primary N) is 1. The number of aliphatic hydroxyl groups is 2. The van der Waals surface area contributed by atoms with Crippen LogP contribution in [0.1, 0.15) is 198 Å².